The molecule has 0 aliphatic carbocycles. The van der Waals surface area contributed by atoms with Crippen LogP contribution in [0.2, 0.25) is 10.0 Å². The minimum absolute atomic E-state index is 0.00288. The SMILES string of the molecule is CS(=O)(=O)c1ccc(Cl)c(NC(=O)COC(=O)c2ccc(Cl)cc2[N+](=O)[O-])c1. The molecule has 0 spiro atoms. The first-order valence-electron chi connectivity index (χ1n) is 7.39. The van der Waals surface area contributed by atoms with Crippen LogP contribution in [0.3, 0.4) is 0 Å². The van der Waals surface area contributed by atoms with E-state index < -0.39 is 38.9 Å². The largest absolute Gasteiger partial charge is 0.452 e. The van der Waals surface area contributed by atoms with Crippen molar-refractivity contribution < 1.29 is 27.7 Å². The van der Waals surface area contributed by atoms with Gasteiger partial charge in [-0.2, -0.15) is 0 Å². The molecule has 0 aromatic heterocycles. The van der Waals surface area contributed by atoms with Gasteiger partial charge in [0.15, 0.2) is 16.4 Å². The number of nitro benzene ring substituents is 1. The Balaban J connectivity index is 2.10. The number of ether oxygens (including phenoxy) is 1. The molecule has 2 aromatic carbocycles. The van der Waals surface area contributed by atoms with Crippen LogP contribution in [0.5, 0.6) is 0 Å². The number of anilines is 1. The first-order valence-corrected chi connectivity index (χ1v) is 10.0. The van der Waals surface area contributed by atoms with E-state index in [0.29, 0.717) is 0 Å². The molecule has 0 bridgehead atoms. The zero-order valence-corrected chi connectivity index (χ0v) is 16.5. The summed E-state index contributed by atoms with van der Waals surface area (Å²) >= 11 is 11.6. The molecule has 1 N–H and O–H groups in total. The molecule has 148 valence electrons. The summed E-state index contributed by atoms with van der Waals surface area (Å²) < 4.78 is 27.9. The average Bonchev–Trinajstić information content (AvgIpc) is 2.60. The number of carbonyl (C=O) groups is 2. The maximum Gasteiger partial charge on any atom is 0.345 e. The number of carbonyl (C=O) groups excluding carboxylic acids is 2. The predicted octanol–water partition coefficient (Wildman–Crippen LogP) is 3.10. The van der Waals surface area contributed by atoms with Gasteiger partial charge in [-0.15, -0.1) is 0 Å². The van der Waals surface area contributed by atoms with Crippen LogP contribution in [-0.2, 0) is 19.4 Å². The lowest BCUT2D eigenvalue weighted by atomic mass is 10.2. The molecule has 0 radical (unpaired) electrons. The van der Waals surface area contributed by atoms with Gasteiger partial charge in [0.05, 0.1) is 20.5 Å². The number of benzene rings is 2. The lowest BCUT2D eigenvalue weighted by Gasteiger charge is -2.10. The van der Waals surface area contributed by atoms with Crippen LogP contribution in [0.25, 0.3) is 0 Å². The monoisotopic (exact) mass is 446 g/mol. The second kappa shape index (κ2) is 8.55. The Morgan fingerprint density at radius 1 is 1.18 bits per heavy atom. The smallest absolute Gasteiger partial charge is 0.345 e. The molecule has 0 atom stereocenters. The van der Waals surface area contributed by atoms with Crippen molar-refractivity contribution in [2.75, 3.05) is 18.2 Å². The van der Waals surface area contributed by atoms with Gasteiger partial charge in [-0.3, -0.25) is 14.9 Å². The fraction of sp³-hybridized carbons (Fsp3) is 0.125. The number of hydrogen-bond acceptors (Lipinski definition) is 7. The zero-order chi connectivity index (χ0) is 21.1. The van der Waals surface area contributed by atoms with Crippen molar-refractivity contribution in [1.82, 2.24) is 0 Å². The van der Waals surface area contributed by atoms with Crippen LogP contribution < -0.4 is 5.32 Å². The van der Waals surface area contributed by atoms with E-state index in [1.54, 1.807) is 0 Å². The van der Waals surface area contributed by atoms with Gasteiger partial charge >= 0.3 is 5.97 Å². The molecule has 0 saturated carbocycles. The van der Waals surface area contributed by atoms with Gasteiger partial charge in [0.25, 0.3) is 11.6 Å². The van der Waals surface area contributed by atoms with Crippen molar-refractivity contribution >= 4 is 56.3 Å². The number of halogens is 2. The summed E-state index contributed by atoms with van der Waals surface area (Å²) in [5.74, 6) is -1.92. The maximum atomic E-state index is 12.0. The summed E-state index contributed by atoms with van der Waals surface area (Å²) in [5, 5.41) is 13.4. The van der Waals surface area contributed by atoms with Gasteiger partial charge < -0.3 is 10.1 Å². The third kappa shape index (κ3) is 5.41. The Morgan fingerprint density at radius 2 is 1.86 bits per heavy atom. The molecular formula is C16H12Cl2N2O7S. The van der Waals surface area contributed by atoms with E-state index in [-0.39, 0.29) is 26.2 Å². The highest BCUT2D eigenvalue weighted by molar-refractivity contribution is 7.90. The molecule has 0 fully saturated rings. The van der Waals surface area contributed by atoms with E-state index in [0.717, 1.165) is 24.5 Å². The highest BCUT2D eigenvalue weighted by Crippen LogP contribution is 2.26. The quantitative estimate of drug-likeness (QED) is 0.409. The van der Waals surface area contributed by atoms with Crippen LogP contribution in [0, 0.1) is 10.1 Å². The summed E-state index contributed by atoms with van der Waals surface area (Å²) in [6.45, 7) is -0.780. The van der Waals surface area contributed by atoms with Crippen LogP contribution in [0.1, 0.15) is 10.4 Å². The summed E-state index contributed by atoms with van der Waals surface area (Å²) in [7, 11) is -3.53. The van der Waals surface area contributed by atoms with E-state index in [1.165, 1.54) is 18.2 Å². The maximum absolute atomic E-state index is 12.0. The van der Waals surface area contributed by atoms with Crippen molar-refractivity contribution in [3.8, 4) is 0 Å². The summed E-state index contributed by atoms with van der Waals surface area (Å²) in [5.41, 5.74) is -0.941. The number of sulfone groups is 1. The van der Waals surface area contributed by atoms with Crippen molar-refractivity contribution in [3.63, 3.8) is 0 Å². The molecule has 9 nitrogen and oxygen atoms in total. The molecular weight excluding hydrogens is 435 g/mol. The molecule has 0 aliphatic heterocycles. The van der Waals surface area contributed by atoms with Gasteiger partial charge in [0.1, 0.15) is 5.56 Å². The Kier molecular flexibility index (Phi) is 6.60. The van der Waals surface area contributed by atoms with Crippen molar-refractivity contribution in [2.45, 2.75) is 4.90 Å². The van der Waals surface area contributed by atoms with Gasteiger partial charge in [0.2, 0.25) is 0 Å². The van der Waals surface area contributed by atoms with Gasteiger partial charge in [-0.05, 0) is 30.3 Å². The molecule has 2 aromatic rings. The third-order valence-corrected chi connectivity index (χ3v) is 5.03. The second-order valence-electron chi connectivity index (χ2n) is 5.46. The molecule has 0 aliphatic rings. The van der Waals surface area contributed by atoms with Crippen LogP contribution in [0.15, 0.2) is 41.3 Å². The Labute approximate surface area is 169 Å². The molecule has 28 heavy (non-hydrogen) atoms. The standard InChI is InChI=1S/C16H12Cl2N2O7S/c1-28(25,26)10-3-5-12(18)13(7-10)19-15(21)8-27-16(22)11-4-2-9(17)6-14(11)20(23)24/h2-7H,8H2,1H3,(H,19,21). The van der Waals surface area contributed by atoms with E-state index >= 15 is 0 Å². The summed E-state index contributed by atoms with van der Waals surface area (Å²) in [6.07, 6.45) is 0.989. The number of amides is 1. The fourth-order valence-corrected chi connectivity index (χ4v) is 3.03. The van der Waals surface area contributed by atoms with Gasteiger partial charge in [-0.25, -0.2) is 13.2 Å². The number of esters is 1. The number of nitrogens with one attached hydrogen (secondary N) is 1. The van der Waals surface area contributed by atoms with Crippen molar-refractivity contribution in [1.29, 1.82) is 0 Å². The second-order valence-corrected chi connectivity index (χ2v) is 8.32. The Hall–Kier alpha value is -2.69. The number of hydrogen-bond donors (Lipinski definition) is 1. The number of nitro groups is 1. The van der Waals surface area contributed by atoms with E-state index in [1.807, 2.05) is 0 Å². The first kappa shape index (κ1) is 21.6. The topological polar surface area (TPSA) is 133 Å². The van der Waals surface area contributed by atoms with E-state index in [2.05, 4.69) is 5.32 Å². The normalized spacial score (nSPS) is 11.0. The molecule has 0 heterocycles. The van der Waals surface area contributed by atoms with Crippen molar-refractivity contribution in [3.05, 3.63) is 62.1 Å². The highest BCUT2D eigenvalue weighted by Gasteiger charge is 2.22. The zero-order valence-electron chi connectivity index (χ0n) is 14.1. The Bertz CT molecular complexity index is 1070. The number of rotatable bonds is 6. The van der Waals surface area contributed by atoms with E-state index in [9.17, 15) is 28.1 Å². The Morgan fingerprint density at radius 3 is 2.46 bits per heavy atom. The highest BCUT2D eigenvalue weighted by atomic mass is 35.5. The summed E-state index contributed by atoms with van der Waals surface area (Å²) in [4.78, 5) is 34.1. The first-order chi connectivity index (χ1) is 13.0. The fourth-order valence-electron chi connectivity index (χ4n) is 2.05. The average molecular weight is 447 g/mol. The number of nitrogens with zero attached hydrogens (tertiary/aromatic N) is 1. The molecule has 2 rings (SSSR count). The minimum Gasteiger partial charge on any atom is -0.452 e. The molecule has 0 unspecified atom stereocenters. The lowest BCUT2D eigenvalue weighted by molar-refractivity contribution is -0.385. The van der Waals surface area contributed by atoms with Gasteiger partial charge in [-0.1, -0.05) is 23.2 Å². The lowest BCUT2D eigenvalue weighted by Crippen LogP contribution is -2.21. The molecule has 12 heteroatoms. The van der Waals surface area contributed by atoms with E-state index in [4.69, 9.17) is 27.9 Å². The van der Waals surface area contributed by atoms with Crippen LogP contribution in [-0.4, -0.2) is 38.1 Å². The van der Waals surface area contributed by atoms with Gasteiger partial charge in [0, 0.05) is 17.3 Å². The molecule has 0 saturated heterocycles. The van der Waals surface area contributed by atoms with Crippen LogP contribution in [0.4, 0.5) is 11.4 Å². The van der Waals surface area contributed by atoms with Crippen molar-refractivity contribution in [2.24, 2.45) is 0 Å². The summed E-state index contributed by atoms with van der Waals surface area (Å²) in [6, 6.07) is 7.06. The predicted molar refractivity (Wildman–Crippen MR) is 102 cm³/mol. The van der Waals surface area contributed by atoms with Crippen LogP contribution >= 0.6 is 23.2 Å². The molecule has 1 amide bonds. The minimum atomic E-state index is -3.53. The third-order valence-electron chi connectivity index (χ3n) is 3.35.